The second-order valence-corrected chi connectivity index (χ2v) is 5.95. The molecule has 0 saturated heterocycles. The van der Waals surface area contributed by atoms with Crippen LogP contribution >= 0.6 is 24.0 Å². The number of rotatable bonds is 7. The fourth-order valence-electron chi connectivity index (χ4n) is 2.58. The molecule has 152 valence electrons. The quantitative estimate of drug-likeness (QED) is 0.310. The molecule has 0 aliphatic carbocycles. The van der Waals surface area contributed by atoms with Crippen molar-refractivity contribution in [2.75, 3.05) is 26.0 Å². The van der Waals surface area contributed by atoms with Gasteiger partial charge in [-0.05, 0) is 41.8 Å². The zero-order chi connectivity index (χ0) is 19.6. The summed E-state index contributed by atoms with van der Waals surface area (Å²) in [5.74, 6) is 0.854. The van der Waals surface area contributed by atoms with Crippen molar-refractivity contribution in [2.45, 2.75) is 19.9 Å². The fraction of sp³-hybridized carbons (Fsp3) is 0.300. The predicted molar refractivity (Wildman–Crippen MR) is 121 cm³/mol. The van der Waals surface area contributed by atoms with Crippen LogP contribution in [-0.4, -0.2) is 32.6 Å². The van der Waals surface area contributed by atoms with E-state index in [1.165, 1.54) is 19.1 Å². The van der Waals surface area contributed by atoms with E-state index in [0.717, 1.165) is 11.1 Å². The Kier molecular flexibility index (Phi) is 10.3. The first-order chi connectivity index (χ1) is 13.0. The molecule has 0 bridgehead atoms. The van der Waals surface area contributed by atoms with E-state index in [2.05, 4.69) is 20.9 Å². The van der Waals surface area contributed by atoms with Gasteiger partial charge >= 0.3 is 0 Å². The van der Waals surface area contributed by atoms with Crippen LogP contribution in [0.5, 0.6) is 5.75 Å². The van der Waals surface area contributed by atoms with Crippen molar-refractivity contribution in [1.29, 1.82) is 0 Å². The number of ether oxygens (including phenoxy) is 1. The topological polar surface area (TPSA) is 74.8 Å². The summed E-state index contributed by atoms with van der Waals surface area (Å²) < 4.78 is 18.5. The molecule has 8 heteroatoms. The maximum absolute atomic E-state index is 13.2. The highest BCUT2D eigenvalue weighted by atomic mass is 127. The number of carbonyl (C=O) groups excluding carboxylic acids is 1. The number of guanidine groups is 1. The SMILES string of the molecule is CN=C(NCCc1cccc(F)c1)NCc1ccc(OC)c(NC(C)=O)c1.I. The van der Waals surface area contributed by atoms with Gasteiger partial charge in [0.05, 0.1) is 12.8 Å². The Hall–Kier alpha value is -2.36. The fourth-order valence-corrected chi connectivity index (χ4v) is 2.58. The second-order valence-electron chi connectivity index (χ2n) is 5.95. The summed E-state index contributed by atoms with van der Waals surface area (Å²) in [7, 11) is 3.25. The maximum Gasteiger partial charge on any atom is 0.221 e. The van der Waals surface area contributed by atoms with Gasteiger partial charge in [-0.15, -0.1) is 24.0 Å². The number of nitrogens with one attached hydrogen (secondary N) is 3. The predicted octanol–water partition coefficient (Wildman–Crippen LogP) is 3.32. The van der Waals surface area contributed by atoms with Gasteiger partial charge in [0, 0.05) is 27.1 Å². The van der Waals surface area contributed by atoms with Gasteiger partial charge in [-0.1, -0.05) is 18.2 Å². The standard InChI is InChI=1S/C20H25FN4O2.HI/c1-14(26)25-18-12-16(7-8-19(18)27-3)13-24-20(22-2)23-10-9-15-5-4-6-17(21)11-15;/h4-8,11-12H,9-10,13H2,1-3H3,(H,25,26)(H2,22,23,24);1H. The third-order valence-electron chi connectivity index (χ3n) is 3.85. The number of halogens is 2. The number of aliphatic imine (C=N–C) groups is 1. The molecule has 0 aromatic heterocycles. The van der Waals surface area contributed by atoms with E-state index < -0.39 is 0 Å². The van der Waals surface area contributed by atoms with Crippen molar-refractivity contribution in [3.63, 3.8) is 0 Å². The monoisotopic (exact) mass is 500 g/mol. The highest BCUT2D eigenvalue weighted by Crippen LogP contribution is 2.25. The molecule has 0 aliphatic heterocycles. The van der Waals surface area contributed by atoms with Crippen LogP contribution < -0.4 is 20.7 Å². The minimum absolute atomic E-state index is 0. The number of hydrogen-bond donors (Lipinski definition) is 3. The van der Waals surface area contributed by atoms with Crippen molar-refractivity contribution in [3.05, 3.63) is 59.4 Å². The summed E-state index contributed by atoms with van der Waals surface area (Å²) in [6.45, 7) is 2.60. The van der Waals surface area contributed by atoms with Crippen LogP contribution in [0.4, 0.5) is 10.1 Å². The zero-order valence-electron chi connectivity index (χ0n) is 16.2. The third-order valence-corrected chi connectivity index (χ3v) is 3.85. The molecule has 0 atom stereocenters. The molecule has 0 fully saturated rings. The average Bonchev–Trinajstić information content (AvgIpc) is 2.64. The number of amides is 1. The van der Waals surface area contributed by atoms with Crippen LogP contribution in [0.3, 0.4) is 0 Å². The minimum Gasteiger partial charge on any atom is -0.495 e. The molecule has 0 saturated carbocycles. The van der Waals surface area contributed by atoms with Crippen molar-refractivity contribution < 1.29 is 13.9 Å². The Labute approximate surface area is 182 Å². The Morgan fingerprint density at radius 2 is 1.93 bits per heavy atom. The van der Waals surface area contributed by atoms with Crippen LogP contribution in [-0.2, 0) is 17.8 Å². The molecule has 0 unspecified atom stereocenters. The molecule has 6 nitrogen and oxygen atoms in total. The van der Waals surface area contributed by atoms with Crippen molar-refractivity contribution in [3.8, 4) is 5.75 Å². The number of hydrogen-bond acceptors (Lipinski definition) is 3. The van der Waals surface area contributed by atoms with Crippen LogP contribution in [0, 0.1) is 5.82 Å². The lowest BCUT2D eigenvalue weighted by atomic mass is 10.1. The Balaban J connectivity index is 0.00000392. The lowest BCUT2D eigenvalue weighted by molar-refractivity contribution is -0.114. The zero-order valence-corrected chi connectivity index (χ0v) is 18.5. The van der Waals surface area contributed by atoms with E-state index in [-0.39, 0.29) is 35.7 Å². The largest absolute Gasteiger partial charge is 0.495 e. The molecule has 1 amide bonds. The van der Waals surface area contributed by atoms with E-state index in [4.69, 9.17) is 4.74 Å². The number of benzene rings is 2. The van der Waals surface area contributed by atoms with Gasteiger partial charge in [-0.25, -0.2) is 4.39 Å². The maximum atomic E-state index is 13.2. The van der Waals surface area contributed by atoms with E-state index in [1.54, 1.807) is 20.2 Å². The Bertz CT molecular complexity index is 815. The first-order valence-corrected chi connectivity index (χ1v) is 8.65. The number of carbonyl (C=O) groups is 1. The van der Waals surface area contributed by atoms with Gasteiger partial charge in [0.2, 0.25) is 5.91 Å². The molecule has 0 heterocycles. The third kappa shape index (κ3) is 7.71. The molecule has 0 radical (unpaired) electrons. The Morgan fingerprint density at radius 1 is 1.14 bits per heavy atom. The molecule has 3 N–H and O–H groups in total. The van der Waals surface area contributed by atoms with Crippen molar-refractivity contribution >= 4 is 41.5 Å². The number of anilines is 1. The molecular formula is C20H26FIN4O2. The summed E-state index contributed by atoms with van der Waals surface area (Å²) in [5, 5.41) is 9.17. The highest BCUT2D eigenvalue weighted by molar-refractivity contribution is 14.0. The smallest absolute Gasteiger partial charge is 0.221 e. The summed E-state index contributed by atoms with van der Waals surface area (Å²) in [6, 6.07) is 12.1. The first-order valence-electron chi connectivity index (χ1n) is 8.65. The molecule has 2 aromatic rings. The molecule has 2 aromatic carbocycles. The molecule has 28 heavy (non-hydrogen) atoms. The first kappa shape index (κ1) is 23.7. The second kappa shape index (κ2) is 12.2. The van der Waals surface area contributed by atoms with Crippen LogP contribution in [0.15, 0.2) is 47.5 Å². The number of nitrogens with zero attached hydrogens (tertiary/aromatic N) is 1. The summed E-state index contributed by atoms with van der Waals surface area (Å²) in [5.41, 5.74) is 2.51. The van der Waals surface area contributed by atoms with Crippen molar-refractivity contribution in [2.24, 2.45) is 4.99 Å². The minimum atomic E-state index is -0.232. The summed E-state index contributed by atoms with van der Waals surface area (Å²) in [6.07, 6.45) is 0.688. The van der Waals surface area contributed by atoms with Gasteiger partial charge in [0.25, 0.3) is 0 Å². The molecular weight excluding hydrogens is 474 g/mol. The average molecular weight is 500 g/mol. The van der Waals surface area contributed by atoms with Crippen LogP contribution in [0.2, 0.25) is 0 Å². The molecule has 0 aliphatic rings. The van der Waals surface area contributed by atoms with Gasteiger partial charge in [0.1, 0.15) is 11.6 Å². The van der Waals surface area contributed by atoms with Crippen molar-refractivity contribution in [1.82, 2.24) is 10.6 Å². The normalized spacial score (nSPS) is 10.6. The highest BCUT2D eigenvalue weighted by Gasteiger charge is 2.07. The lowest BCUT2D eigenvalue weighted by Gasteiger charge is -2.14. The van der Waals surface area contributed by atoms with Gasteiger partial charge in [-0.3, -0.25) is 9.79 Å². The van der Waals surface area contributed by atoms with Gasteiger partial charge in [0.15, 0.2) is 5.96 Å². The summed E-state index contributed by atoms with van der Waals surface area (Å²) in [4.78, 5) is 15.5. The molecule has 0 spiro atoms. The van der Waals surface area contributed by atoms with E-state index >= 15 is 0 Å². The molecule has 2 rings (SSSR count). The van der Waals surface area contributed by atoms with E-state index in [1.807, 2.05) is 24.3 Å². The Morgan fingerprint density at radius 3 is 2.57 bits per heavy atom. The van der Waals surface area contributed by atoms with Gasteiger partial charge in [-0.2, -0.15) is 0 Å². The van der Waals surface area contributed by atoms with Gasteiger partial charge < -0.3 is 20.7 Å². The van der Waals surface area contributed by atoms with Crippen LogP contribution in [0.1, 0.15) is 18.1 Å². The number of methoxy groups -OCH3 is 1. The summed E-state index contributed by atoms with van der Waals surface area (Å²) >= 11 is 0. The lowest BCUT2D eigenvalue weighted by Crippen LogP contribution is -2.37. The van der Waals surface area contributed by atoms with Crippen LogP contribution in [0.25, 0.3) is 0 Å². The van der Waals surface area contributed by atoms with E-state index in [9.17, 15) is 9.18 Å². The van der Waals surface area contributed by atoms with E-state index in [0.29, 0.717) is 36.9 Å².